The zero-order valence-electron chi connectivity index (χ0n) is 19.9. The summed E-state index contributed by atoms with van der Waals surface area (Å²) in [5.74, 6) is -0.160. The Morgan fingerprint density at radius 3 is 2.65 bits per heavy atom. The minimum absolute atomic E-state index is 0.0919. The van der Waals surface area contributed by atoms with Crippen molar-refractivity contribution < 1.29 is 19.1 Å². The van der Waals surface area contributed by atoms with Crippen molar-refractivity contribution in [2.75, 3.05) is 33.4 Å². The third-order valence-corrected chi connectivity index (χ3v) is 7.82. The molecule has 1 aromatic carbocycles. The lowest BCUT2D eigenvalue weighted by atomic mass is 9.73. The molecule has 3 aliphatic rings. The van der Waals surface area contributed by atoms with E-state index < -0.39 is 11.6 Å². The summed E-state index contributed by atoms with van der Waals surface area (Å²) in [5.41, 5.74) is 1.01. The van der Waals surface area contributed by atoms with Gasteiger partial charge in [0.15, 0.2) is 0 Å². The van der Waals surface area contributed by atoms with Crippen LogP contribution in [0.25, 0.3) is 0 Å². The maximum Gasteiger partial charge on any atom is 0.325 e. The van der Waals surface area contributed by atoms with E-state index in [2.05, 4.69) is 11.4 Å². The molecule has 0 radical (unpaired) electrons. The van der Waals surface area contributed by atoms with Gasteiger partial charge in [-0.15, -0.1) is 0 Å². The summed E-state index contributed by atoms with van der Waals surface area (Å²) in [6.45, 7) is 1.66. The molecule has 0 saturated carbocycles. The zero-order valence-corrected chi connectivity index (χ0v) is 20.6. The van der Waals surface area contributed by atoms with Gasteiger partial charge in [0, 0.05) is 38.1 Å². The molecule has 1 aliphatic carbocycles. The first-order valence-corrected chi connectivity index (χ1v) is 12.6. The molecular formula is C26H34ClN3O4. The fourth-order valence-corrected chi connectivity index (χ4v) is 5.71. The summed E-state index contributed by atoms with van der Waals surface area (Å²) in [6, 6.07) is 7.05. The van der Waals surface area contributed by atoms with Crippen molar-refractivity contribution in [3.05, 3.63) is 46.5 Å². The molecule has 7 nitrogen and oxygen atoms in total. The second-order valence-corrected chi connectivity index (χ2v) is 9.97. The van der Waals surface area contributed by atoms with Gasteiger partial charge in [0.2, 0.25) is 5.91 Å². The lowest BCUT2D eigenvalue weighted by molar-refractivity contribution is -0.136. The van der Waals surface area contributed by atoms with Crippen LogP contribution in [0.15, 0.2) is 35.9 Å². The Labute approximate surface area is 206 Å². The SMILES string of the molecule is COCCN1C(=O)N[C@](Cc2ccccc2Cl)(C2CCN(C(=O)CC3=CCCCC3)CC2)C1=O. The Balaban J connectivity index is 1.50. The number of carbonyl (C=O) groups is 3. The van der Waals surface area contributed by atoms with E-state index in [9.17, 15) is 14.4 Å². The molecule has 0 bridgehead atoms. The third-order valence-electron chi connectivity index (χ3n) is 7.46. The Morgan fingerprint density at radius 2 is 1.97 bits per heavy atom. The van der Waals surface area contributed by atoms with Crippen molar-refractivity contribution in [2.45, 2.75) is 56.9 Å². The highest BCUT2D eigenvalue weighted by atomic mass is 35.5. The number of allylic oxidation sites excluding steroid dienone is 1. The lowest BCUT2D eigenvalue weighted by Crippen LogP contribution is -2.58. The van der Waals surface area contributed by atoms with Gasteiger partial charge in [-0.05, 0) is 56.1 Å². The zero-order chi connectivity index (χ0) is 24.1. The molecule has 2 saturated heterocycles. The topological polar surface area (TPSA) is 79.0 Å². The molecule has 34 heavy (non-hydrogen) atoms. The first-order chi connectivity index (χ1) is 16.4. The number of carbonyl (C=O) groups excluding carboxylic acids is 3. The largest absolute Gasteiger partial charge is 0.383 e. The third kappa shape index (κ3) is 5.15. The average molecular weight is 488 g/mol. The van der Waals surface area contributed by atoms with Gasteiger partial charge in [-0.2, -0.15) is 0 Å². The average Bonchev–Trinajstić information content (AvgIpc) is 3.09. The van der Waals surface area contributed by atoms with E-state index in [1.54, 1.807) is 13.2 Å². The van der Waals surface area contributed by atoms with Crippen molar-refractivity contribution in [1.29, 1.82) is 0 Å². The highest BCUT2D eigenvalue weighted by Gasteiger charge is 2.56. The Morgan fingerprint density at radius 1 is 1.21 bits per heavy atom. The molecule has 1 atom stereocenters. The van der Waals surface area contributed by atoms with Gasteiger partial charge in [0.1, 0.15) is 5.54 Å². The molecule has 4 rings (SSSR count). The van der Waals surface area contributed by atoms with Crippen molar-refractivity contribution in [2.24, 2.45) is 5.92 Å². The first-order valence-electron chi connectivity index (χ1n) is 12.3. The lowest BCUT2D eigenvalue weighted by Gasteiger charge is -2.41. The van der Waals surface area contributed by atoms with E-state index in [1.165, 1.54) is 16.9 Å². The van der Waals surface area contributed by atoms with Crippen LogP contribution in [0.1, 0.15) is 50.5 Å². The number of nitrogens with one attached hydrogen (secondary N) is 1. The van der Waals surface area contributed by atoms with E-state index in [-0.39, 0.29) is 30.9 Å². The molecule has 184 valence electrons. The summed E-state index contributed by atoms with van der Waals surface area (Å²) in [4.78, 5) is 42.6. The number of amides is 4. The summed E-state index contributed by atoms with van der Waals surface area (Å²) in [5, 5.41) is 3.62. The summed E-state index contributed by atoms with van der Waals surface area (Å²) >= 11 is 6.45. The van der Waals surface area contributed by atoms with Crippen LogP contribution in [0.2, 0.25) is 5.02 Å². The van der Waals surface area contributed by atoms with Gasteiger partial charge in [0.05, 0.1) is 13.2 Å². The van der Waals surface area contributed by atoms with Crippen LogP contribution in [-0.4, -0.2) is 66.5 Å². The number of hydrogen-bond acceptors (Lipinski definition) is 4. The predicted molar refractivity (Wildman–Crippen MR) is 130 cm³/mol. The van der Waals surface area contributed by atoms with Gasteiger partial charge < -0.3 is 15.0 Å². The molecule has 1 aromatic rings. The van der Waals surface area contributed by atoms with E-state index in [0.29, 0.717) is 43.8 Å². The number of benzene rings is 1. The maximum absolute atomic E-state index is 13.7. The number of hydrogen-bond donors (Lipinski definition) is 1. The Kier molecular flexibility index (Phi) is 7.94. The van der Waals surface area contributed by atoms with Crippen molar-refractivity contribution in [3.8, 4) is 0 Å². The standard InChI is InChI=1S/C26H34ClN3O4/c1-34-16-15-30-24(32)26(28-25(30)33,18-20-9-5-6-10-22(20)27)21-11-13-29(14-12-21)23(31)17-19-7-3-2-4-8-19/h5-7,9-10,21H,2-4,8,11-18H2,1H3,(H,28,33)/t26-/m1/s1. The first kappa shape index (κ1) is 24.7. The van der Waals surface area contributed by atoms with Gasteiger partial charge in [0.25, 0.3) is 5.91 Å². The van der Waals surface area contributed by atoms with E-state index in [4.69, 9.17) is 16.3 Å². The van der Waals surface area contributed by atoms with Crippen LogP contribution < -0.4 is 5.32 Å². The second kappa shape index (κ2) is 10.9. The molecule has 2 fully saturated rings. The number of nitrogens with zero attached hydrogens (tertiary/aromatic N) is 2. The molecule has 2 heterocycles. The van der Waals surface area contributed by atoms with Crippen LogP contribution >= 0.6 is 11.6 Å². The quantitative estimate of drug-likeness (QED) is 0.445. The monoisotopic (exact) mass is 487 g/mol. The van der Waals surface area contributed by atoms with E-state index >= 15 is 0 Å². The number of piperidine rings is 1. The normalized spacial score (nSPS) is 23.8. The van der Waals surface area contributed by atoms with Crippen LogP contribution in [0.5, 0.6) is 0 Å². The number of methoxy groups -OCH3 is 1. The van der Waals surface area contributed by atoms with Crippen LogP contribution in [0.4, 0.5) is 4.79 Å². The smallest absolute Gasteiger partial charge is 0.325 e. The minimum Gasteiger partial charge on any atom is -0.383 e. The number of likely N-dealkylation sites (tertiary alicyclic amines) is 1. The molecule has 8 heteroatoms. The maximum atomic E-state index is 13.7. The predicted octanol–water partition coefficient (Wildman–Crippen LogP) is 3.95. The summed E-state index contributed by atoms with van der Waals surface area (Å²) in [7, 11) is 1.55. The van der Waals surface area contributed by atoms with Crippen molar-refractivity contribution >= 4 is 29.4 Å². The molecular weight excluding hydrogens is 454 g/mol. The number of halogens is 1. The van der Waals surface area contributed by atoms with E-state index in [1.807, 2.05) is 23.1 Å². The number of ether oxygens (including phenoxy) is 1. The highest BCUT2D eigenvalue weighted by Crippen LogP contribution is 2.38. The molecule has 0 unspecified atom stereocenters. The highest BCUT2D eigenvalue weighted by molar-refractivity contribution is 6.31. The van der Waals surface area contributed by atoms with Gasteiger partial charge >= 0.3 is 6.03 Å². The van der Waals surface area contributed by atoms with Crippen molar-refractivity contribution in [3.63, 3.8) is 0 Å². The minimum atomic E-state index is -1.07. The molecule has 0 aromatic heterocycles. The Bertz CT molecular complexity index is 957. The Hall–Kier alpha value is -2.38. The van der Waals surface area contributed by atoms with Gasteiger partial charge in [-0.3, -0.25) is 14.5 Å². The summed E-state index contributed by atoms with van der Waals surface area (Å²) < 4.78 is 5.11. The second-order valence-electron chi connectivity index (χ2n) is 9.56. The number of imide groups is 1. The van der Waals surface area contributed by atoms with E-state index in [0.717, 1.165) is 24.8 Å². The van der Waals surface area contributed by atoms with Crippen LogP contribution in [0.3, 0.4) is 0 Å². The molecule has 1 N–H and O–H groups in total. The summed E-state index contributed by atoms with van der Waals surface area (Å²) in [6.07, 6.45) is 8.79. The molecule has 2 aliphatic heterocycles. The molecule has 0 spiro atoms. The van der Waals surface area contributed by atoms with Crippen LogP contribution in [-0.2, 0) is 20.7 Å². The fourth-order valence-electron chi connectivity index (χ4n) is 5.51. The number of urea groups is 1. The van der Waals surface area contributed by atoms with Crippen LogP contribution in [0, 0.1) is 5.92 Å². The number of rotatable bonds is 8. The van der Waals surface area contributed by atoms with Gasteiger partial charge in [-0.25, -0.2) is 4.79 Å². The van der Waals surface area contributed by atoms with Gasteiger partial charge in [-0.1, -0.05) is 41.4 Å². The fraction of sp³-hybridized carbons (Fsp3) is 0.577. The molecule has 4 amide bonds. The van der Waals surface area contributed by atoms with Crippen molar-refractivity contribution in [1.82, 2.24) is 15.1 Å².